The van der Waals surface area contributed by atoms with E-state index in [1.165, 1.54) is 18.4 Å². The van der Waals surface area contributed by atoms with Crippen molar-refractivity contribution in [3.05, 3.63) is 17.5 Å². The number of ether oxygens (including phenoxy) is 1. The third-order valence-corrected chi connectivity index (χ3v) is 3.41. The summed E-state index contributed by atoms with van der Waals surface area (Å²) < 4.78 is 5.06. The standard InChI is InChI=1S/C14H24N4O/c1-11-12(9-15-13-5-6-13)10-16-14(17-11)18(2)7-4-8-19-3/h10,13,15H,4-9H2,1-3H3. The zero-order valence-electron chi connectivity index (χ0n) is 12.1. The van der Waals surface area contributed by atoms with Crippen molar-refractivity contribution < 1.29 is 4.74 Å². The maximum absolute atomic E-state index is 5.06. The van der Waals surface area contributed by atoms with Crippen LogP contribution in [0.4, 0.5) is 5.95 Å². The lowest BCUT2D eigenvalue weighted by atomic mass is 10.2. The fourth-order valence-corrected chi connectivity index (χ4v) is 1.93. The van der Waals surface area contributed by atoms with Gasteiger partial charge in [-0.05, 0) is 26.2 Å². The van der Waals surface area contributed by atoms with Gasteiger partial charge in [0.05, 0.1) is 0 Å². The fourth-order valence-electron chi connectivity index (χ4n) is 1.93. The molecule has 0 saturated heterocycles. The SMILES string of the molecule is COCCCN(C)c1ncc(CNC2CC2)c(C)n1. The molecule has 0 bridgehead atoms. The normalized spacial score (nSPS) is 14.7. The molecule has 0 spiro atoms. The minimum Gasteiger partial charge on any atom is -0.385 e. The molecular formula is C14H24N4O. The second-order valence-corrected chi connectivity index (χ2v) is 5.20. The van der Waals surface area contributed by atoms with Crippen LogP contribution in [0.25, 0.3) is 0 Å². The molecule has 19 heavy (non-hydrogen) atoms. The zero-order valence-corrected chi connectivity index (χ0v) is 12.1. The number of nitrogens with one attached hydrogen (secondary N) is 1. The topological polar surface area (TPSA) is 50.3 Å². The number of aryl methyl sites for hydroxylation is 1. The van der Waals surface area contributed by atoms with Gasteiger partial charge in [0.15, 0.2) is 0 Å². The number of rotatable bonds is 8. The number of hydrogen-bond acceptors (Lipinski definition) is 5. The van der Waals surface area contributed by atoms with E-state index in [1.807, 2.05) is 13.2 Å². The summed E-state index contributed by atoms with van der Waals surface area (Å²) in [7, 11) is 3.74. The van der Waals surface area contributed by atoms with Crippen molar-refractivity contribution in [2.45, 2.75) is 38.8 Å². The van der Waals surface area contributed by atoms with Crippen LogP contribution < -0.4 is 10.2 Å². The molecular weight excluding hydrogens is 240 g/mol. The Hall–Kier alpha value is -1.20. The summed E-state index contributed by atoms with van der Waals surface area (Å²) in [5.74, 6) is 0.795. The van der Waals surface area contributed by atoms with Gasteiger partial charge >= 0.3 is 0 Å². The molecule has 0 aromatic carbocycles. The molecule has 1 aromatic heterocycles. The Kier molecular flexibility index (Phi) is 5.10. The summed E-state index contributed by atoms with van der Waals surface area (Å²) >= 11 is 0. The summed E-state index contributed by atoms with van der Waals surface area (Å²) in [4.78, 5) is 11.1. The van der Waals surface area contributed by atoms with Crippen LogP contribution in [0, 0.1) is 6.92 Å². The van der Waals surface area contributed by atoms with Crippen molar-refractivity contribution >= 4 is 5.95 Å². The molecule has 1 aromatic rings. The molecule has 2 rings (SSSR count). The van der Waals surface area contributed by atoms with E-state index < -0.39 is 0 Å². The molecule has 1 heterocycles. The van der Waals surface area contributed by atoms with Crippen LogP contribution in [0.2, 0.25) is 0 Å². The van der Waals surface area contributed by atoms with Crippen LogP contribution in [-0.4, -0.2) is 43.3 Å². The average Bonchev–Trinajstić information content (AvgIpc) is 3.21. The average molecular weight is 264 g/mol. The predicted octanol–water partition coefficient (Wildman–Crippen LogP) is 1.51. The molecule has 1 aliphatic carbocycles. The Balaban J connectivity index is 1.88. The van der Waals surface area contributed by atoms with Gasteiger partial charge in [-0.1, -0.05) is 0 Å². The van der Waals surface area contributed by atoms with Crippen LogP contribution in [0.5, 0.6) is 0 Å². The molecule has 0 amide bonds. The molecule has 0 radical (unpaired) electrons. The first-order chi connectivity index (χ1) is 9.20. The maximum atomic E-state index is 5.06. The Bertz CT molecular complexity index is 406. The van der Waals surface area contributed by atoms with Gasteiger partial charge in [0.25, 0.3) is 0 Å². The first kappa shape index (κ1) is 14.2. The molecule has 5 nitrogen and oxygen atoms in total. The van der Waals surface area contributed by atoms with Crippen LogP contribution >= 0.6 is 0 Å². The first-order valence-electron chi connectivity index (χ1n) is 6.96. The Morgan fingerprint density at radius 2 is 2.26 bits per heavy atom. The predicted molar refractivity (Wildman–Crippen MR) is 76.4 cm³/mol. The smallest absolute Gasteiger partial charge is 0.225 e. The Morgan fingerprint density at radius 1 is 1.47 bits per heavy atom. The van der Waals surface area contributed by atoms with Gasteiger partial charge in [-0.15, -0.1) is 0 Å². The van der Waals surface area contributed by atoms with Gasteiger partial charge in [-0.3, -0.25) is 0 Å². The quantitative estimate of drug-likeness (QED) is 0.721. The van der Waals surface area contributed by atoms with Gasteiger partial charge in [0.2, 0.25) is 5.95 Å². The highest BCUT2D eigenvalue weighted by atomic mass is 16.5. The lowest BCUT2D eigenvalue weighted by Gasteiger charge is -2.18. The van der Waals surface area contributed by atoms with Crippen molar-refractivity contribution in [1.29, 1.82) is 0 Å². The van der Waals surface area contributed by atoms with E-state index in [2.05, 4.69) is 27.1 Å². The number of nitrogens with zero attached hydrogens (tertiary/aromatic N) is 3. The third-order valence-electron chi connectivity index (χ3n) is 3.41. The molecule has 1 saturated carbocycles. The van der Waals surface area contributed by atoms with Crippen molar-refractivity contribution in [3.63, 3.8) is 0 Å². The van der Waals surface area contributed by atoms with Crippen molar-refractivity contribution in [2.24, 2.45) is 0 Å². The molecule has 1 fully saturated rings. The van der Waals surface area contributed by atoms with Crippen LogP contribution in [-0.2, 0) is 11.3 Å². The minimum absolute atomic E-state index is 0.718. The highest BCUT2D eigenvalue weighted by molar-refractivity contribution is 5.31. The van der Waals surface area contributed by atoms with E-state index in [9.17, 15) is 0 Å². The van der Waals surface area contributed by atoms with Crippen molar-refractivity contribution in [3.8, 4) is 0 Å². The summed E-state index contributed by atoms with van der Waals surface area (Å²) in [5.41, 5.74) is 2.26. The maximum Gasteiger partial charge on any atom is 0.225 e. The molecule has 5 heteroatoms. The van der Waals surface area contributed by atoms with E-state index in [-0.39, 0.29) is 0 Å². The monoisotopic (exact) mass is 264 g/mol. The van der Waals surface area contributed by atoms with Crippen LogP contribution in [0.1, 0.15) is 30.5 Å². The number of hydrogen-bond donors (Lipinski definition) is 1. The second kappa shape index (κ2) is 6.82. The van der Waals surface area contributed by atoms with Gasteiger partial charge in [-0.25, -0.2) is 9.97 Å². The fraction of sp³-hybridized carbons (Fsp3) is 0.714. The van der Waals surface area contributed by atoms with Crippen LogP contribution in [0.15, 0.2) is 6.20 Å². The molecule has 0 aliphatic heterocycles. The Labute approximate surface area is 115 Å². The lowest BCUT2D eigenvalue weighted by Crippen LogP contribution is -2.23. The molecule has 1 N–H and O–H groups in total. The number of methoxy groups -OCH3 is 1. The van der Waals surface area contributed by atoms with E-state index in [0.29, 0.717) is 0 Å². The summed E-state index contributed by atoms with van der Waals surface area (Å²) in [5, 5.41) is 3.49. The van der Waals surface area contributed by atoms with Crippen molar-refractivity contribution in [1.82, 2.24) is 15.3 Å². The van der Waals surface area contributed by atoms with Gasteiger partial charge in [0, 0.05) is 57.3 Å². The highest BCUT2D eigenvalue weighted by Crippen LogP contribution is 2.19. The number of anilines is 1. The molecule has 0 atom stereocenters. The minimum atomic E-state index is 0.718. The van der Waals surface area contributed by atoms with E-state index in [1.54, 1.807) is 7.11 Å². The van der Waals surface area contributed by atoms with Crippen molar-refractivity contribution in [2.75, 3.05) is 32.2 Å². The summed E-state index contributed by atoms with van der Waals surface area (Å²) in [6, 6.07) is 0.718. The first-order valence-corrected chi connectivity index (χ1v) is 6.96. The molecule has 0 unspecified atom stereocenters. The van der Waals surface area contributed by atoms with Crippen LogP contribution in [0.3, 0.4) is 0 Å². The summed E-state index contributed by atoms with van der Waals surface area (Å²) in [6.45, 7) is 4.61. The lowest BCUT2D eigenvalue weighted by molar-refractivity contribution is 0.196. The van der Waals surface area contributed by atoms with E-state index in [0.717, 1.165) is 43.8 Å². The highest BCUT2D eigenvalue weighted by Gasteiger charge is 2.20. The van der Waals surface area contributed by atoms with Gasteiger partial charge in [0.1, 0.15) is 0 Å². The molecule has 106 valence electrons. The molecule has 1 aliphatic rings. The van der Waals surface area contributed by atoms with E-state index >= 15 is 0 Å². The second-order valence-electron chi connectivity index (χ2n) is 5.20. The van der Waals surface area contributed by atoms with E-state index in [4.69, 9.17) is 4.74 Å². The summed E-state index contributed by atoms with van der Waals surface area (Å²) in [6.07, 6.45) is 5.54. The zero-order chi connectivity index (χ0) is 13.7. The van der Waals surface area contributed by atoms with Gasteiger partial charge in [-0.2, -0.15) is 0 Å². The Morgan fingerprint density at radius 3 is 2.89 bits per heavy atom. The third kappa shape index (κ3) is 4.44. The number of aromatic nitrogens is 2. The van der Waals surface area contributed by atoms with Gasteiger partial charge < -0.3 is 15.0 Å². The largest absolute Gasteiger partial charge is 0.385 e.